The molecular formula is C14H16FN3OS. The number of aryl methyl sites for hydroxylation is 1. The van der Waals surface area contributed by atoms with Crippen LogP contribution in [0.4, 0.5) is 9.52 Å². The van der Waals surface area contributed by atoms with E-state index in [-0.39, 0.29) is 23.3 Å². The lowest BCUT2D eigenvalue weighted by atomic mass is 10.1. The Morgan fingerprint density at radius 1 is 1.45 bits per heavy atom. The van der Waals surface area contributed by atoms with Crippen molar-refractivity contribution in [1.29, 1.82) is 0 Å². The molecule has 0 aliphatic rings. The molecule has 4 nitrogen and oxygen atoms in total. The number of carbonyl (C=O) groups is 1. The highest BCUT2D eigenvalue weighted by molar-refractivity contribution is 7.14. The van der Waals surface area contributed by atoms with Gasteiger partial charge >= 0.3 is 0 Å². The molecule has 2 N–H and O–H groups in total. The van der Waals surface area contributed by atoms with Gasteiger partial charge in [0.25, 0.3) is 5.91 Å². The number of hydrogen-bond acceptors (Lipinski definition) is 4. The van der Waals surface area contributed by atoms with Crippen LogP contribution in [-0.4, -0.2) is 17.9 Å². The molecular weight excluding hydrogens is 277 g/mol. The minimum atomic E-state index is -0.388. The van der Waals surface area contributed by atoms with Gasteiger partial charge in [0, 0.05) is 17.0 Å². The number of rotatable bonds is 4. The molecule has 1 amide bonds. The van der Waals surface area contributed by atoms with Crippen LogP contribution in [0.3, 0.4) is 0 Å². The third kappa shape index (κ3) is 3.20. The lowest BCUT2D eigenvalue weighted by Gasteiger charge is -2.05. The van der Waals surface area contributed by atoms with E-state index >= 15 is 0 Å². The van der Waals surface area contributed by atoms with Crippen LogP contribution in [0.25, 0.3) is 0 Å². The summed E-state index contributed by atoms with van der Waals surface area (Å²) in [4.78, 5) is 16.3. The average molecular weight is 293 g/mol. The number of anilines is 1. The van der Waals surface area contributed by atoms with Crippen molar-refractivity contribution in [3.05, 3.63) is 46.2 Å². The third-order valence-corrected chi connectivity index (χ3v) is 3.83. The number of aromatic nitrogens is 1. The van der Waals surface area contributed by atoms with Gasteiger partial charge in [0.2, 0.25) is 0 Å². The summed E-state index contributed by atoms with van der Waals surface area (Å²) in [6.07, 6.45) is 0. The Bertz CT molecular complexity index is 627. The molecule has 0 saturated heterocycles. The minimum absolute atomic E-state index is 0.119. The Kier molecular flexibility index (Phi) is 4.46. The van der Waals surface area contributed by atoms with Crippen LogP contribution in [0.1, 0.15) is 34.6 Å². The molecule has 1 aromatic carbocycles. The van der Waals surface area contributed by atoms with E-state index in [9.17, 15) is 9.18 Å². The van der Waals surface area contributed by atoms with Gasteiger partial charge in [0.05, 0.1) is 5.69 Å². The highest BCUT2D eigenvalue weighted by Crippen LogP contribution is 2.21. The summed E-state index contributed by atoms with van der Waals surface area (Å²) in [5, 5.41) is 8.14. The zero-order chi connectivity index (χ0) is 14.7. The predicted molar refractivity (Wildman–Crippen MR) is 78.7 cm³/mol. The normalized spacial score (nSPS) is 12.2. The van der Waals surface area contributed by atoms with Gasteiger partial charge in [-0.05, 0) is 38.6 Å². The molecule has 1 heterocycles. The molecule has 1 unspecified atom stereocenters. The second kappa shape index (κ2) is 6.11. The van der Waals surface area contributed by atoms with Gasteiger partial charge in [-0.25, -0.2) is 9.37 Å². The summed E-state index contributed by atoms with van der Waals surface area (Å²) in [7, 11) is 1.84. The number of carbonyl (C=O) groups excluding carboxylic acids is 1. The maximum atomic E-state index is 13.4. The summed E-state index contributed by atoms with van der Waals surface area (Å²) in [5.41, 5.74) is 1.66. The first kappa shape index (κ1) is 14.6. The van der Waals surface area contributed by atoms with Crippen LogP contribution >= 0.6 is 11.3 Å². The summed E-state index contributed by atoms with van der Waals surface area (Å²) >= 11 is 1.35. The topological polar surface area (TPSA) is 54.0 Å². The van der Waals surface area contributed by atoms with Crippen molar-refractivity contribution in [2.24, 2.45) is 0 Å². The van der Waals surface area contributed by atoms with Crippen LogP contribution in [0.5, 0.6) is 0 Å². The Balaban J connectivity index is 2.11. The number of benzene rings is 1. The standard InChI is InChI=1S/C14H16FN3OS/c1-8-4-5-10(6-11(8)15)13(19)18-14-17-12(7-20-14)9(2)16-3/h4-7,9,16H,1-3H3,(H,17,18,19). The van der Waals surface area contributed by atoms with E-state index in [2.05, 4.69) is 15.6 Å². The molecule has 1 aromatic heterocycles. The molecule has 2 aromatic rings. The largest absolute Gasteiger partial charge is 0.312 e. The predicted octanol–water partition coefficient (Wildman–Crippen LogP) is 3.12. The lowest BCUT2D eigenvalue weighted by molar-refractivity contribution is 0.102. The van der Waals surface area contributed by atoms with E-state index < -0.39 is 0 Å². The molecule has 2 rings (SSSR count). The van der Waals surface area contributed by atoms with Gasteiger partial charge in [-0.2, -0.15) is 0 Å². The zero-order valence-electron chi connectivity index (χ0n) is 11.5. The Labute approximate surface area is 121 Å². The van der Waals surface area contributed by atoms with Crippen LogP contribution in [0, 0.1) is 12.7 Å². The van der Waals surface area contributed by atoms with Crippen LogP contribution in [0.15, 0.2) is 23.6 Å². The second-order valence-corrected chi connectivity index (χ2v) is 5.36. The molecule has 0 fully saturated rings. The van der Waals surface area contributed by atoms with E-state index in [0.717, 1.165) is 5.69 Å². The SMILES string of the molecule is CNC(C)c1csc(NC(=O)c2ccc(C)c(F)c2)n1. The number of nitrogens with one attached hydrogen (secondary N) is 2. The first-order valence-corrected chi connectivity index (χ1v) is 7.09. The van der Waals surface area contributed by atoms with E-state index in [0.29, 0.717) is 10.7 Å². The van der Waals surface area contributed by atoms with Crippen LogP contribution < -0.4 is 10.6 Å². The fraction of sp³-hybridized carbons (Fsp3) is 0.286. The lowest BCUT2D eigenvalue weighted by Crippen LogP contribution is -2.14. The second-order valence-electron chi connectivity index (χ2n) is 4.51. The van der Waals surface area contributed by atoms with Gasteiger partial charge in [-0.1, -0.05) is 6.07 Å². The first-order chi connectivity index (χ1) is 9.51. The fourth-order valence-electron chi connectivity index (χ4n) is 1.59. The molecule has 0 aliphatic heterocycles. The van der Waals surface area contributed by atoms with Crippen molar-refractivity contribution in [3.8, 4) is 0 Å². The van der Waals surface area contributed by atoms with Crippen LogP contribution in [-0.2, 0) is 0 Å². The van der Waals surface area contributed by atoms with Crippen LogP contribution in [0.2, 0.25) is 0 Å². The van der Waals surface area contributed by atoms with Gasteiger partial charge in [0.1, 0.15) is 5.82 Å². The number of nitrogens with zero attached hydrogens (tertiary/aromatic N) is 1. The average Bonchev–Trinajstić information content (AvgIpc) is 2.89. The van der Waals surface area contributed by atoms with E-state index in [1.54, 1.807) is 19.1 Å². The van der Waals surface area contributed by atoms with Crippen molar-refractivity contribution in [1.82, 2.24) is 10.3 Å². The fourth-order valence-corrected chi connectivity index (χ4v) is 2.39. The third-order valence-electron chi connectivity index (χ3n) is 3.05. The molecule has 0 spiro atoms. The summed E-state index contributed by atoms with van der Waals surface area (Å²) in [6.45, 7) is 3.64. The van der Waals surface area contributed by atoms with Gasteiger partial charge in [-0.3, -0.25) is 10.1 Å². The Morgan fingerprint density at radius 3 is 2.85 bits per heavy atom. The molecule has 0 radical (unpaired) electrons. The highest BCUT2D eigenvalue weighted by atomic mass is 32.1. The van der Waals surface area contributed by atoms with Gasteiger partial charge in [-0.15, -0.1) is 11.3 Å². The van der Waals surface area contributed by atoms with Crippen molar-refractivity contribution < 1.29 is 9.18 Å². The maximum absolute atomic E-state index is 13.4. The van der Waals surface area contributed by atoms with Crippen molar-refractivity contribution in [3.63, 3.8) is 0 Å². The number of hydrogen-bond donors (Lipinski definition) is 2. The summed E-state index contributed by atoms with van der Waals surface area (Å²) in [6, 6.07) is 4.53. The molecule has 0 aliphatic carbocycles. The first-order valence-electron chi connectivity index (χ1n) is 6.21. The van der Waals surface area contributed by atoms with Crippen molar-refractivity contribution in [2.75, 3.05) is 12.4 Å². The number of amides is 1. The van der Waals surface area contributed by atoms with Gasteiger partial charge < -0.3 is 5.32 Å². The Morgan fingerprint density at radius 2 is 2.20 bits per heavy atom. The monoisotopic (exact) mass is 293 g/mol. The van der Waals surface area contributed by atoms with E-state index in [1.165, 1.54) is 17.4 Å². The van der Waals surface area contributed by atoms with Crippen molar-refractivity contribution >= 4 is 22.4 Å². The zero-order valence-corrected chi connectivity index (χ0v) is 12.3. The van der Waals surface area contributed by atoms with Gasteiger partial charge in [0.15, 0.2) is 5.13 Å². The quantitative estimate of drug-likeness (QED) is 0.910. The molecule has 1 atom stereocenters. The highest BCUT2D eigenvalue weighted by Gasteiger charge is 2.12. The molecule has 106 valence electrons. The van der Waals surface area contributed by atoms with E-state index in [4.69, 9.17) is 0 Å². The number of thiazole rings is 1. The van der Waals surface area contributed by atoms with E-state index in [1.807, 2.05) is 19.4 Å². The Hall–Kier alpha value is -1.79. The summed E-state index contributed by atoms with van der Waals surface area (Å²) in [5.74, 6) is -0.747. The molecule has 0 bridgehead atoms. The molecule has 6 heteroatoms. The number of halogens is 1. The smallest absolute Gasteiger partial charge is 0.257 e. The summed E-state index contributed by atoms with van der Waals surface area (Å²) < 4.78 is 13.4. The molecule has 0 saturated carbocycles. The van der Waals surface area contributed by atoms with Crippen molar-refractivity contribution in [2.45, 2.75) is 19.9 Å². The minimum Gasteiger partial charge on any atom is -0.312 e. The maximum Gasteiger partial charge on any atom is 0.257 e. The molecule has 20 heavy (non-hydrogen) atoms.